The van der Waals surface area contributed by atoms with Crippen LogP contribution in [0.5, 0.6) is 0 Å². The van der Waals surface area contributed by atoms with Gasteiger partial charge in [0.1, 0.15) is 0 Å². The summed E-state index contributed by atoms with van der Waals surface area (Å²) in [6, 6.07) is 8.42. The van der Waals surface area contributed by atoms with Crippen LogP contribution < -0.4 is 0 Å². The lowest BCUT2D eigenvalue weighted by Gasteiger charge is -2.00. The molecule has 0 aliphatic carbocycles. The van der Waals surface area contributed by atoms with Gasteiger partial charge < -0.3 is 4.74 Å². The molecule has 1 rings (SSSR count). The van der Waals surface area contributed by atoms with Crippen LogP contribution in [0.2, 0.25) is 0 Å². The van der Waals surface area contributed by atoms with Gasteiger partial charge in [0.25, 0.3) is 0 Å². The first-order valence-corrected chi connectivity index (χ1v) is 6.29. The molecule has 0 aromatic heterocycles. The van der Waals surface area contributed by atoms with Crippen molar-refractivity contribution in [3.63, 3.8) is 0 Å². The Morgan fingerprint density at radius 2 is 1.71 bits per heavy atom. The van der Waals surface area contributed by atoms with Gasteiger partial charge in [0.15, 0.2) is 0 Å². The Hall–Kier alpha value is -1.34. The Bertz CT molecular complexity index is 364. The molecule has 92 valence electrons. The first-order valence-electron chi connectivity index (χ1n) is 6.29. The van der Waals surface area contributed by atoms with Gasteiger partial charge in [0.05, 0.1) is 6.61 Å². The highest BCUT2D eigenvalue weighted by Crippen LogP contribution is 2.13. The number of unbranched alkanes of at least 4 members (excludes halogenated alkanes) is 2. The minimum Gasteiger partial charge on any atom is -0.381 e. The molecule has 17 heavy (non-hydrogen) atoms. The van der Waals surface area contributed by atoms with Crippen molar-refractivity contribution in [2.45, 2.75) is 26.2 Å². The maximum atomic E-state index is 5.01. The van der Waals surface area contributed by atoms with Crippen LogP contribution in [0, 0.1) is 0 Å². The van der Waals surface area contributed by atoms with E-state index in [1.54, 1.807) is 7.11 Å². The van der Waals surface area contributed by atoms with E-state index >= 15 is 0 Å². The zero-order valence-electron chi connectivity index (χ0n) is 10.9. The van der Waals surface area contributed by atoms with Crippen molar-refractivity contribution in [2.75, 3.05) is 13.7 Å². The molecule has 0 spiro atoms. The number of methoxy groups -OCH3 is 1. The van der Waals surface area contributed by atoms with Crippen LogP contribution in [-0.2, 0) is 4.74 Å². The van der Waals surface area contributed by atoms with Crippen molar-refractivity contribution in [3.05, 3.63) is 47.5 Å². The molecule has 0 amide bonds. The van der Waals surface area contributed by atoms with E-state index in [2.05, 4.69) is 49.4 Å². The summed E-state index contributed by atoms with van der Waals surface area (Å²) in [5, 5.41) is 0. The van der Waals surface area contributed by atoms with Gasteiger partial charge in [0, 0.05) is 7.11 Å². The number of hydrogen-bond donors (Lipinski definition) is 0. The molecule has 0 radical (unpaired) electrons. The topological polar surface area (TPSA) is 9.23 Å². The summed E-state index contributed by atoms with van der Waals surface area (Å²) in [5.74, 6) is 0. The quantitative estimate of drug-likeness (QED) is 0.624. The maximum absolute atomic E-state index is 5.01. The summed E-state index contributed by atoms with van der Waals surface area (Å²) in [5.41, 5.74) is 2.52. The summed E-state index contributed by atoms with van der Waals surface area (Å²) in [6.45, 7) is 2.88. The zero-order valence-corrected chi connectivity index (χ0v) is 10.9. The maximum Gasteiger partial charge on any atom is 0.0646 e. The Kier molecular flexibility index (Phi) is 7.08. The Labute approximate surface area is 105 Å². The summed E-state index contributed by atoms with van der Waals surface area (Å²) in [7, 11) is 1.71. The van der Waals surface area contributed by atoms with Crippen molar-refractivity contribution in [2.24, 2.45) is 0 Å². The molecule has 0 atom stereocenters. The van der Waals surface area contributed by atoms with Crippen LogP contribution in [0.25, 0.3) is 12.2 Å². The van der Waals surface area contributed by atoms with E-state index < -0.39 is 0 Å². The van der Waals surface area contributed by atoms with E-state index in [9.17, 15) is 0 Å². The normalized spacial score (nSPS) is 11.6. The number of rotatable bonds is 7. The van der Waals surface area contributed by atoms with Crippen LogP contribution in [0.15, 0.2) is 36.4 Å². The molecule has 1 aromatic carbocycles. The van der Waals surface area contributed by atoms with Crippen LogP contribution in [-0.4, -0.2) is 13.7 Å². The molecule has 0 unspecified atom stereocenters. The molecule has 0 fully saturated rings. The first kappa shape index (κ1) is 13.7. The lowest BCUT2D eigenvalue weighted by atomic mass is 10.1. The Balaban J connectivity index is 2.67. The highest BCUT2D eigenvalue weighted by Gasteiger charge is 1.93. The van der Waals surface area contributed by atoms with Gasteiger partial charge in [-0.05, 0) is 17.5 Å². The standard InChI is InChI=1S/C16H22O/c1-3-4-5-6-10-15-11-7-8-12-16(15)13-9-14-17-2/h6-13H,3-5,14H2,1-2H3/b10-6+,13-9+. The summed E-state index contributed by atoms with van der Waals surface area (Å²) in [6.07, 6.45) is 12.3. The Morgan fingerprint density at radius 3 is 2.29 bits per heavy atom. The second-order valence-electron chi connectivity index (χ2n) is 4.03. The predicted octanol–water partition coefficient (Wildman–Crippen LogP) is 4.55. The highest BCUT2D eigenvalue weighted by atomic mass is 16.5. The lowest BCUT2D eigenvalue weighted by molar-refractivity contribution is 0.234. The van der Waals surface area contributed by atoms with Gasteiger partial charge in [-0.1, -0.05) is 68.3 Å². The fraction of sp³-hybridized carbons (Fsp3) is 0.375. The van der Waals surface area contributed by atoms with Crippen LogP contribution in [0.3, 0.4) is 0 Å². The first-order chi connectivity index (χ1) is 8.38. The number of ether oxygens (including phenoxy) is 1. The number of hydrogen-bond acceptors (Lipinski definition) is 1. The minimum absolute atomic E-state index is 0.661. The van der Waals surface area contributed by atoms with E-state index in [1.807, 2.05) is 6.08 Å². The largest absolute Gasteiger partial charge is 0.381 e. The second-order valence-corrected chi connectivity index (χ2v) is 4.03. The highest BCUT2D eigenvalue weighted by molar-refractivity contribution is 5.65. The molecular formula is C16H22O. The van der Waals surface area contributed by atoms with E-state index in [4.69, 9.17) is 4.74 Å². The molecule has 1 aromatic rings. The van der Waals surface area contributed by atoms with Gasteiger partial charge in [-0.15, -0.1) is 0 Å². The van der Waals surface area contributed by atoms with Crippen LogP contribution in [0.4, 0.5) is 0 Å². The van der Waals surface area contributed by atoms with Gasteiger partial charge in [0.2, 0.25) is 0 Å². The lowest BCUT2D eigenvalue weighted by Crippen LogP contribution is -1.83. The summed E-state index contributed by atoms with van der Waals surface area (Å²) in [4.78, 5) is 0. The van der Waals surface area contributed by atoms with Crippen molar-refractivity contribution in [3.8, 4) is 0 Å². The van der Waals surface area contributed by atoms with Crippen molar-refractivity contribution in [1.82, 2.24) is 0 Å². The fourth-order valence-electron chi connectivity index (χ4n) is 1.62. The third kappa shape index (κ3) is 5.50. The van der Waals surface area contributed by atoms with E-state index in [0.29, 0.717) is 6.61 Å². The summed E-state index contributed by atoms with van der Waals surface area (Å²) < 4.78 is 5.01. The number of allylic oxidation sites excluding steroid dienone is 1. The van der Waals surface area contributed by atoms with Crippen molar-refractivity contribution >= 4 is 12.2 Å². The van der Waals surface area contributed by atoms with Gasteiger partial charge >= 0.3 is 0 Å². The molecule has 0 heterocycles. The van der Waals surface area contributed by atoms with Gasteiger partial charge in [-0.25, -0.2) is 0 Å². The molecule has 0 aliphatic rings. The number of benzene rings is 1. The average Bonchev–Trinajstić information content (AvgIpc) is 2.36. The monoisotopic (exact) mass is 230 g/mol. The summed E-state index contributed by atoms with van der Waals surface area (Å²) >= 11 is 0. The molecule has 0 N–H and O–H groups in total. The molecule has 0 aliphatic heterocycles. The molecule has 0 bridgehead atoms. The third-order valence-electron chi connectivity index (χ3n) is 2.58. The molecule has 1 nitrogen and oxygen atoms in total. The molecule has 1 heteroatoms. The molecular weight excluding hydrogens is 208 g/mol. The SMILES string of the molecule is CCCC/C=C/c1ccccc1/C=C/COC. The average molecular weight is 230 g/mol. The fourth-order valence-corrected chi connectivity index (χ4v) is 1.62. The van der Waals surface area contributed by atoms with Crippen LogP contribution >= 0.6 is 0 Å². The predicted molar refractivity (Wildman–Crippen MR) is 75.9 cm³/mol. The van der Waals surface area contributed by atoms with Gasteiger partial charge in [-0.2, -0.15) is 0 Å². The second kappa shape index (κ2) is 8.77. The van der Waals surface area contributed by atoms with Crippen molar-refractivity contribution < 1.29 is 4.74 Å². The van der Waals surface area contributed by atoms with E-state index in [0.717, 1.165) is 6.42 Å². The molecule has 0 saturated carbocycles. The van der Waals surface area contributed by atoms with Crippen molar-refractivity contribution in [1.29, 1.82) is 0 Å². The minimum atomic E-state index is 0.661. The van der Waals surface area contributed by atoms with E-state index in [1.165, 1.54) is 24.0 Å². The molecule has 0 saturated heterocycles. The third-order valence-corrected chi connectivity index (χ3v) is 2.58. The van der Waals surface area contributed by atoms with E-state index in [-0.39, 0.29) is 0 Å². The smallest absolute Gasteiger partial charge is 0.0646 e. The zero-order chi connectivity index (χ0) is 12.3. The van der Waals surface area contributed by atoms with Gasteiger partial charge in [-0.3, -0.25) is 0 Å². The van der Waals surface area contributed by atoms with Crippen LogP contribution in [0.1, 0.15) is 37.3 Å². The Morgan fingerprint density at radius 1 is 1.06 bits per heavy atom.